The minimum absolute atomic E-state index is 0.0943. The fraction of sp³-hybridized carbons (Fsp3) is 0.524. The van der Waals surface area contributed by atoms with Crippen LogP contribution in [0.4, 0.5) is 0 Å². The van der Waals surface area contributed by atoms with Crippen molar-refractivity contribution in [3.63, 3.8) is 0 Å². The number of H-pyrrole nitrogens is 1. The van der Waals surface area contributed by atoms with Gasteiger partial charge in [0.2, 0.25) is 0 Å². The van der Waals surface area contributed by atoms with Crippen molar-refractivity contribution in [1.29, 1.82) is 0 Å². The molecule has 2 aromatic rings. The Hall–Kier alpha value is -2.14. The number of aryl methyl sites for hydroxylation is 1. The molecule has 2 heterocycles. The van der Waals surface area contributed by atoms with Crippen LogP contribution in [-0.2, 0) is 13.0 Å². The standard InChI is InChI=1S/C21H28N4O/c1-3-19-18(11-22-2)20(24-23-19)21(26)25-12-16-9-15(10-17(16)13-25)14-7-5-4-6-8-14/h4-8,15-17,22H,3,9-13H2,1-2H3,(H,23,24). The van der Waals surface area contributed by atoms with Crippen LogP contribution in [0.3, 0.4) is 0 Å². The summed E-state index contributed by atoms with van der Waals surface area (Å²) in [6, 6.07) is 10.8. The van der Waals surface area contributed by atoms with Crippen molar-refractivity contribution in [2.75, 3.05) is 20.1 Å². The van der Waals surface area contributed by atoms with Crippen LogP contribution in [0.1, 0.15) is 53.0 Å². The van der Waals surface area contributed by atoms with Gasteiger partial charge in [0, 0.05) is 30.9 Å². The number of aromatic amines is 1. The van der Waals surface area contributed by atoms with Gasteiger partial charge in [-0.25, -0.2) is 0 Å². The number of aromatic nitrogens is 2. The number of rotatable bonds is 5. The highest BCUT2D eigenvalue weighted by molar-refractivity contribution is 5.94. The molecule has 1 aromatic heterocycles. The maximum absolute atomic E-state index is 13.1. The Morgan fingerprint density at radius 2 is 1.92 bits per heavy atom. The van der Waals surface area contributed by atoms with Crippen LogP contribution in [-0.4, -0.2) is 41.1 Å². The van der Waals surface area contributed by atoms with Crippen LogP contribution >= 0.6 is 0 Å². The van der Waals surface area contributed by atoms with E-state index in [1.807, 2.05) is 11.9 Å². The van der Waals surface area contributed by atoms with E-state index in [1.54, 1.807) is 0 Å². The molecule has 2 atom stereocenters. The zero-order valence-corrected chi connectivity index (χ0v) is 15.7. The molecule has 26 heavy (non-hydrogen) atoms. The largest absolute Gasteiger partial charge is 0.337 e. The smallest absolute Gasteiger partial charge is 0.274 e. The van der Waals surface area contributed by atoms with Gasteiger partial charge in [0.05, 0.1) is 0 Å². The number of fused-ring (bicyclic) bond motifs is 1. The van der Waals surface area contributed by atoms with E-state index in [0.717, 1.165) is 30.8 Å². The van der Waals surface area contributed by atoms with Gasteiger partial charge in [0.25, 0.3) is 5.91 Å². The Morgan fingerprint density at radius 1 is 1.23 bits per heavy atom. The average molecular weight is 352 g/mol. The number of carbonyl (C=O) groups excluding carboxylic acids is 1. The number of carbonyl (C=O) groups is 1. The number of hydrogen-bond donors (Lipinski definition) is 2. The van der Waals surface area contributed by atoms with Crippen molar-refractivity contribution < 1.29 is 4.79 Å². The van der Waals surface area contributed by atoms with Crippen LogP contribution in [0.25, 0.3) is 0 Å². The molecule has 1 aliphatic heterocycles. The number of amides is 1. The molecule has 2 fully saturated rings. The molecule has 1 aromatic carbocycles. The lowest BCUT2D eigenvalue weighted by atomic mass is 9.96. The van der Waals surface area contributed by atoms with E-state index >= 15 is 0 Å². The van der Waals surface area contributed by atoms with Gasteiger partial charge in [0.15, 0.2) is 5.69 Å². The molecule has 5 nitrogen and oxygen atoms in total. The van der Waals surface area contributed by atoms with Crippen molar-refractivity contribution in [3.8, 4) is 0 Å². The topological polar surface area (TPSA) is 61.0 Å². The third kappa shape index (κ3) is 3.05. The normalized spacial score (nSPS) is 24.8. The Labute approximate surface area is 155 Å². The predicted octanol–water partition coefficient (Wildman–Crippen LogP) is 2.96. The number of nitrogens with zero attached hydrogens (tertiary/aromatic N) is 2. The lowest BCUT2D eigenvalue weighted by Crippen LogP contribution is -2.31. The quantitative estimate of drug-likeness (QED) is 0.870. The zero-order valence-electron chi connectivity index (χ0n) is 15.7. The van der Waals surface area contributed by atoms with Crippen molar-refractivity contribution in [1.82, 2.24) is 20.4 Å². The predicted molar refractivity (Wildman–Crippen MR) is 102 cm³/mol. The van der Waals surface area contributed by atoms with E-state index in [4.69, 9.17) is 0 Å². The van der Waals surface area contributed by atoms with Crippen molar-refractivity contribution in [3.05, 3.63) is 52.8 Å². The lowest BCUT2D eigenvalue weighted by molar-refractivity contribution is 0.0772. The molecule has 1 saturated carbocycles. The van der Waals surface area contributed by atoms with Gasteiger partial charge in [-0.1, -0.05) is 37.3 Å². The first-order chi connectivity index (χ1) is 12.7. The van der Waals surface area contributed by atoms with Crippen LogP contribution < -0.4 is 5.32 Å². The summed E-state index contributed by atoms with van der Waals surface area (Å²) >= 11 is 0. The molecular weight excluding hydrogens is 324 g/mol. The summed E-state index contributed by atoms with van der Waals surface area (Å²) in [7, 11) is 1.91. The second-order valence-corrected chi connectivity index (χ2v) is 7.72. The maximum atomic E-state index is 13.1. The molecule has 1 saturated heterocycles. The molecule has 2 aliphatic rings. The summed E-state index contributed by atoms with van der Waals surface area (Å²) in [6.45, 7) is 4.52. The minimum Gasteiger partial charge on any atom is -0.337 e. The Balaban J connectivity index is 1.45. The Morgan fingerprint density at radius 3 is 2.54 bits per heavy atom. The Kier molecular flexibility index (Phi) is 4.81. The fourth-order valence-corrected chi connectivity index (χ4v) is 4.85. The van der Waals surface area contributed by atoms with Crippen molar-refractivity contribution >= 4 is 5.91 Å². The molecule has 0 radical (unpaired) electrons. The molecule has 0 spiro atoms. The molecule has 1 amide bonds. The summed E-state index contributed by atoms with van der Waals surface area (Å²) in [5.41, 5.74) is 4.15. The summed E-state index contributed by atoms with van der Waals surface area (Å²) in [4.78, 5) is 15.1. The van der Waals surface area contributed by atoms with E-state index in [1.165, 1.54) is 18.4 Å². The van der Waals surface area contributed by atoms with Gasteiger partial charge in [-0.3, -0.25) is 9.89 Å². The van der Waals surface area contributed by atoms with E-state index in [9.17, 15) is 4.79 Å². The molecule has 4 rings (SSSR count). The third-order valence-electron chi connectivity index (χ3n) is 6.17. The SMILES string of the molecule is CCc1[nH]nc(C(=O)N2CC3CC(c4ccccc4)CC3C2)c1CNC. The molecule has 0 bridgehead atoms. The Bertz CT molecular complexity index is 756. The van der Waals surface area contributed by atoms with E-state index in [-0.39, 0.29) is 5.91 Å². The maximum Gasteiger partial charge on any atom is 0.274 e. The molecule has 5 heteroatoms. The molecule has 1 aliphatic carbocycles. The molecule has 2 N–H and O–H groups in total. The van der Waals surface area contributed by atoms with Gasteiger partial charge in [-0.2, -0.15) is 5.10 Å². The monoisotopic (exact) mass is 352 g/mol. The van der Waals surface area contributed by atoms with Crippen LogP contribution in [0, 0.1) is 11.8 Å². The van der Waals surface area contributed by atoms with E-state index in [2.05, 4.69) is 52.8 Å². The van der Waals surface area contributed by atoms with Gasteiger partial charge >= 0.3 is 0 Å². The first-order valence-electron chi connectivity index (χ1n) is 9.76. The number of nitrogens with one attached hydrogen (secondary N) is 2. The molecule has 138 valence electrons. The second kappa shape index (κ2) is 7.23. The van der Waals surface area contributed by atoms with Gasteiger partial charge in [0.1, 0.15) is 0 Å². The number of likely N-dealkylation sites (tertiary alicyclic amines) is 1. The summed E-state index contributed by atoms with van der Waals surface area (Å²) in [5, 5.41) is 10.6. The second-order valence-electron chi connectivity index (χ2n) is 7.72. The number of hydrogen-bond acceptors (Lipinski definition) is 3. The first kappa shape index (κ1) is 17.3. The summed E-state index contributed by atoms with van der Waals surface area (Å²) in [6.07, 6.45) is 3.26. The van der Waals surface area contributed by atoms with Crippen LogP contribution in [0.2, 0.25) is 0 Å². The van der Waals surface area contributed by atoms with Gasteiger partial charge in [-0.15, -0.1) is 0 Å². The average Bonchev–Trinajstić information content (AvgIpc) is 3.35. The summed E-state index contributed by atoms with van der Waals surface area (Å²) < 4.78 is 0. The van der Waals surface area contributed by atoms with Gasteiger partial charge in [-0.05, 0) is 49.6 Å². The minimum atomic E-state index is 0.0943. The van der Waals surface area contributed by atoms with Crippen LogP contribution in [0.15, 0.2) is 30.3 Å². The highest BCUT2D eigenvalue weighted by Crippen LogP contribution is 2.46. The van der Waals surface area contributed by atoms with Crippen molar-refractivity contribution in [2.45, 2.75) is 38.6 Å². The van der Waals surface area contributed by atoms with Gasteiger partial charge < -0.3 is 10.2 Å². The lowest BCUT2D eigenvalue weighted by Gasteiger charge is -2.19. The van der Waals surface area contributed by atoms with E-state index in [0.29, 0.717) is 30.0 Å². The fourth-order valence-electron chi connectivity index (χ4n) is 4.85. The summed E-state index contributed by atoms with van der Waals surface area (Å²) in [5.74, 6) is 2.00. The highest BCUT2D eigenvalue weighted by atomic mass is 16.2. The van der Waals surface area contributed by atoms with Crippen molar-refractivity contribution in [2.24, 2.45) is 11.8 Å². The molecular formula is C21H28N4O. The van der Waals surface area contributed by atoms with Crippen LogP contribution in [0.5, 0.6) is 0 Å². The first-order valence-corrected chi connectivity index (χ1v) is 9.76. The zero-order chi connectivity index (χ0) is 18.1. The number of benzene rings is 1. The molecule has 2 unspecified atom stereocenters. The van der Waals surface area contributed by atoms with E-state index < -0.39 is 0 Å². The third-order valence-corrected chi connectivity index (χ3v) is 6.17. The highest BCUT2D eigenvalue weighted by Gasteiger charge is 2.43.